The average molecular weight is 394 g/mol. The van der Waals surface area contributed by atoms with Crippen LogP contribution in [0.2, 0.25) is 0 Å². The van der Waals surface area contributed by atoms with Crippen LogP contribution in [0.25, 0.3) is 11.3 Å². The molecule has 1 atom stereocenters. The summed E-state index contributed by atoms with van der Waals surface area (Å²) in [5, 5.41) is 8.43. The van der Waals surface area contributed by atoms with Gasteiger partial charge in [-0.15, -0.1) is 0 Å². The normalized spacial score (nSPS) is 16.9. The highest BCUT2D eigenvalue weighted by Crippen LogP contribution is 2.33. The first-order valence-electron chi connectivity index (χ1n) is 10.0. The Labute approximate surface area is 169 Å². The second-order valence-electron chi connectivity index (χ2n) is 7.73. The zero-order chi connectivity index (χ0) is 20.4. The highest BCUT2D eigenvalue weighted by Gasteiger charge is 2.28. The predicted octanol–water partition coefficient (Wildman–Crippen LogP) is 3.05. The maximum Gasteiger partial charge on any atom is 0.224 e. The first kappa shape index (κ1) is 19.3. The molecule has 0 spiro atoms. The number of likely N-dealkylation sites (tertiary alicyclic amines) is 1. The minimum atomic E-state index is 0.157. The van der Waals surface area contributed by atoms with Crippen molar-refractivity contribution in [3.8, 4) is 11.3 Å². The molecule has 0 bridgehead atoms. The molecule has 4 rings (SSSR count). The largest absolute Gasteiger partial charge is 0.356 e. The highest BCUT2D eigenvalue weighted by atomic mass is 16.5. The molecule has 8 heteroatoms. The second kappa shape index (κ2) is 8.14. The monoisotopic (exact) mass is 394 g/mol. The van der Waals surface area contributed by atoms with Crippen molar-refractivity contribution in [3.63, 3.8) is 0 Å². The molecule has 0 radical (unpaired) electrons. The number of piperidine rings is 1. The van der Waals surface area contributed by atoms with E-state index in [1.165, 1.54) is 0 Å². The van der Waals surface area contributed by atoms with E-state index in [0.29, 0.717) is 25.3 Å². The van der Waals surface area contributed by atoms with Crippen LogP contribution in [0.15, 0.2) is 29.2 Å². The fourth-order valence-electron chi connectivity index (χ4n) is 4.03. The molecule has 1 aliphatic heterocycles. The van der Waals surface area contributed by atoms with Crippen molar-refractivity contribution in [1.82, 2.24) is 29.8 Å². The lowest BCUT2D eigenvalue weighted by Crippen LogP contribution is -2.39. The van der Waals surface area contributed by atoms with Crippen LogP contribution in [0.3, 0.4) is 0 Å². The molecule has 1 fully saturated rings. The highest BCUT2D eigenvalue weighted by molar-refractivity contribution is 5.76. The fourth-order valence-corrected chi connectivity index (χ4v) is 4.03. The summed E-state index contributed by atoms with van der Waals surface area (Å²) >= 11 is 0. The van der Waals surface area contributed by atoms with Crippen molar-refractivity contribution < 1.29 is 9.32 Å². The summed E-state index contributed by atoms with van der Waals surface area (Å²) in [4.78, 5) is 23.5. The lowest BCUT2D eigenvalue weighted by Gasteiger charge is -2.33. The van der Waals surface area contributed by atoms with Gasteiger partial charge in [0.05, 0.1) is 22.6 Å². The average Bonchev–Trinajstić information content (AvgIpc) is 3.30. The van der Waals surface area contributed by atoms with Gasteiger partial charge in [-0.05, 0) is 39.7 Å². The van der Waals surface area contributed by atoms with Crippen LogP contribution in [0, 0.1) is 20.8 Å². The number of aromatic nitrogens is 5. The topological polar surface area (TPSA) is 89.9 Å². The molecule has 1 amide bonds. The van der Waals surface area contributed by atoms with Gasteiger partial charge in [-0.2, -0.15) is 5.10 Å². The number of carbonyl (C=O) groups is 1. The van der Waals surface area contributed by atoms with Gasteiger partial charge in [-0.1, -0.05) is 5.16 Å². The van der Waals surface area contributed by atoms with E-state index in [1.54, 1.807) is 12.5 Å². The summed E-state index contributed by atoms with van der Waals surface area (Å²) in [6.45, 7) is 7.93. The Balaban J connectivity index is 1.46. The Hall–Kier alpha value is -3.03. The second-order valence-corrected chi connectivity index (χ2v) is 7.73. The Morgan fingerprint density at radius 3 is 2.83 bits per heavy atom. The Morgan fingerprint density at radius 1 is 1.24 bits per heavy atom. The maximum absolute atomic E-state index is 12.8. The number of carbonyl (C=O) groups excluding carboxylic acids is 1. The summed E-state index contributed by atoms with van der Waals surface area (Å²) in [5.74, 6) is 0.990. The minimum Gasteiger partial charge on any atom is -0.356 e. The standard InChI is InChI=1S/C21H26N6O2/c1-14-9-16(3)27(24-14)8-6-20(28)26-7-4-5-17(12-26)21-18(11-22-13-23-21)19-10-15(2)25-29-19/h9-11,13,17H,4-8,12H2,1-3H3/t17-/m0/s1. The van der Waals surface area contributed by atoms with Crippen LogP contribution in [-0.4, -0.2) is 48.8 Å². The van der Waals surface area contributed by atoms with Crippen LogP contribution in [0.1, 0.15) is 48.0 Å². The van der Waals surface area contributed by atoms with Crippen molar-refractivity contribution in [2.24, 2.45) is 0 Å². The SMILES string of the molecule is Cc1cc(-c2cncnc2[C@H]2CCCN(C(=O)CCn3nc(C)cc3C)C2)on1. The lowest BCUT2D eigenvalue weighted by molar-refractivity contribution is -0.132. The number of hydrogen-bond acceptors (Lipinski definition) is 6. The van der Waals surface area contributed by atoms with Gasteiger partial charge >= 0.3 is 0 Å². The van der Waals surface area contributed by atoms with Gasteiger partial charge in [-0.25, -0.2) is 9.97 Å². The molecule has 0 aromatic carbocycles. The summed E-state index contributed by atoms with van der Waals surface area (Å²) < 4.78 is 7.34. The first-order valence-corrected chi connectivity index (χ1v) is 10.0. The molecular weight excluding hydrogens is 368 g/mol. The molecule has 4 heterocycles. The Bertz CT molecular complexity index is 1010. The Morgan fingerprint density at radius 2 is 2.10 bits per heavy atom. The molecule has 0 unspecified atom stereocenters. The van der Waals surface area contributed by atoms with Gasteiger partial charge < -0.3 is 9.42 Å². The number of rotatable bonds is 5. The zero-order valence-corrected chi connectivity index (χ0v) is 17.1. The van der Waals surface area contributed by atoms with Gasteiger partial charge in [0.25, 0.3) is 0 Å². The summed E-state index contributed by atoms with van der Waals surface area (Å²) in [5.41, 5.74) is 4.66. The van der Waals surface area contributed by atoms with Gasteiger partial charge in [0.2, 0.25) is 5.91 Å². The number of nitrogens with zero attached hydrogens (tertiary/aromatic N) is 6. The van der Waals surface area contributed by atoms with Crippen LogP contribution >= 0.6 is 0 Å². The van der Waals surface area contributed by atoms with Crippen LogP contribution in [-0.2, 0) is 11.3 Å². The van der Waals surface area contributed by atoms with Crippen LogP contribution < -0.4 is 0 Å². The quantitative estimate of drug-likeness (QED) is 0.661. The fraction of sp³-hybridized carbons (Fsp3) is 0.476. The lowest BCUT2D eigenvalue weighted by atomic mass is 9.91. The van der Waals surface area contributed by atoms with Crippen LogP contribution in [0.5, 0.6) is 0 Å². The van der Waals surface area contributed by atoms with E-state index >= 15 is 0 Å². The number of hydrogen-bond donors (Lipinski definition) is 0. The molecule has 0 saturated carbocycles. The smallest absolute Gasteiger partial charge is 0.224 e. The van der Waals surface area contributed by atoms with E-state index < -0.39 is 0 Å². The number of amides is 1. The molecule has 1 aliphatic rings. The number of aryl methyl sites for hydroxylation is 4. The third-order valence-electron chi connectivity index (χ3n) is 5.44. The van der Waals surface area contributed by atoms with Gasteiger partial charge in [-0.3, -0.25) is 9.48 Å². The van der Waals surface area contributed by atoms with E-state index in [9.17, 15) is 4.79 Å². The van der Waals surface area contributed by atoms with Crippen molar-refractivity contribution in [1.29, 1.82) is 0 Å². The zero-order valence-electron chi connectivity index (χ0n) is 17.1. The van der Waals surface area contributed by atoms with Crippen molar-refractivity contribution >= 4 is 5.91 Å². The molecule has 3 aromatic rings. The van der Waals surface area contributed by atoms with Crippen LogP contribution in [0.4, 0.5) is 0 Å². The summed E-state index contributed by atoms with van der Waals surface area (Å²) in [6, 6.07) is 3.92. The van der Waals surface area contributed by atoms with E-state index in [4.69, 9.17) is 4.52 Å². The van der Waals surface area contributed by atoms with Crippen molar-refractivity contribution in [3.05, 3.63) is 47.4 Å². The van der Waals surface area contributed by atoms with Crippen molar-refractivity contribution in [2.45, 2.75) is 52.5 Å². The summed E-state index contributed by atoms with van der Waals surface area (Å²) in [7, 11) is 0. The molecule has 0 N–H and O–H groups in total. The molecule has 3 aromatic heterocycles. The molecule has 29 heavy (non-hydrogen) atoms. The van der Waals surface area contributed by atoms with Gasteiger partial charge in [0.1, 0.15) is 6.33 Å². The molecule has 0 aliphatic carbocycles. The first-order chi connectivity index (χ1) is 14.0. The maximum atomic E-state index is 12.8. The van der Waals surface area contributed by atoms with E-state index in [1.807, 2.05) is 42.5 Å². The summed E-state index contributed by atoms with van der Waals surface area (Å²) in [6.07, 6.45) is 5.72. The minimum absolute atomic E-state index is 0.157. The molecule has 8 nitrogen and oxygen atoms in total. The third-order valence-corrected chi connectivity index (χ3v) is 5.44. The van der Waals surface area contributed by atoms with Crippen molar-refractivity contribution in [2.75, 3.05) is 13.1 Å². The molecular formula is C21H26N6O2. The van der Waals surface area contributed by atoms with E-state index in [0.717, 1.165) is 47.7 Å². The third kappa shape index (κ3) is 4.21. The predicted molar refractivity (Wildman–Crippen MR) is 107 cm³/mol. The molecule has 152 valence electrons. The Kier molecular flexibility index (Phi) is 5.42. The van der Waals surface area contributed by atoms with E-state index in [-0.39, 0.29) is 11.8 Å². The van der Waals surface area contributed by atoms with E-state index in [2.05, 4.69) is 20.2 Å². The van der Waals surface area contributed by atoms with Gasteiger partial charge in [0, 0.05) is 49.9 Å². The molecule has 1 saturated heterocycles. The van der Waals surface area contributed by atoms with Gasteiger partial charge in [0.15, 0.2) is 5.76 Å².